The van der Waals surface area contributed by atoms with E-state index < -0.39 is 0 Å². The standard InChI is InChI=1S/C9H12N6O2/c10-8-7(14-17-15-8)9(16)13-3-1-2-6-11-4-5-12-6/h4-5H,1-3H2,(H2,10,15)(H,11,12)(H,13,16). The van der Waals surface area contributed by atoms with Gasteiger partial charge in [0.1, 0.15) is 5.82 Å². The van der Waals surface area contributed by atoms with E-state index in [2.05, 4.69) is 30.2 Å². The fraction of sp³-hybridized carbons (Fsp3) is 0.333. The molecule has 0 fully saturated rings. The van der Waals surface area contributed by atoms with Gasteiger partial charge in [0.15, 0.2) is 0 Å². The number of hydrogen-bond acceptors (Lipinski definition) is 6. The molecule has 8 heteroatoms. The summed E-state index contributed by atoms with van der Waals surface area (Å²) in [7, 11) is 0. The van der Waals surface area contributed by atoms with E-state index in [0.29, 0.717) is 6.54 Å². The first kappa shape index (κ1) is 11.1. The van der Waals surface area contributed by atoms with Crippen molar-refractivity contribution in [2.75, 3.05) is 12.3 Å². The van der Waals surface area contributed by atoms with Gasteiger partial charge in [-0.1, -0.05) is 0 Å². The number of aromatic nitrogens is 4. The molecule has 0 atom stereocenters. The quantitative estimate of drug-likeness (QED) is 0.614. The number of nitrogen functional groups attached to an aromatic ring is 1. The third-order valence-corrected chi connectivity index (χ3v) is 2.16. The highest BCUT2D eigenvalue weighted by Crippen LogP contribution is 2.03. The van der Waals surface area contributed by atoms with Crippen LogP contribution in [-0.4, -0.2) is 32.7 Å². The molecule has 0 aliphatic carbocycles. The monoisotopic (exact) mass is 236 g/mol. The molecule has 0 saturated heterocycles. The highest BCUT2D eigenvalue weighted by Gasteiger charge is 2.14. The third kappa shape index (κ3) is 2.80. The summed E-state index contributed by atoms with van der Waals surface area (Å²) in [4.78, 5) is 18.6. The van der Waals surface area contributed by atoms with Crippen molar-refractivity contribution in [2.45, 2.75) is 12.8 Å². The molecular weight excluding hydrogens is 224 g/mol. The molecule has 2 aromatic rings. The summed E-state index contributed by atoms with van der Waals surface area (Å²) < 4.78 is 4.33. The second kappa shape index (κ2) is 5.10. The van der Waals surface area contributed by atoms with Crippen LogP contribution in [0.4, 0.5) is 5.82 Å². The molecule has 1 amide bonds. The molecule has 0 aliphatic heterocycles. The second-order valence-electron chi connectivity index (χ2n) is 3.39. The number of imidazole rings is 1. The van der Waals surface area contributed by atoms with Gasteiger partial charge < -0.3 is 16.0 Å². The number of amides is 1. The zero-order chi connectivity index (χ0) is 12.1. The van der Waals surface area contributed by atoms with Gasteiger partial charge in [-0.25, -0.2) is 9.61 Å². The van der Waals surface area contributed by atoms with Crippen molar-refractivity contribution >= 4 is 11.7 Å². The van der Waals surface area contributed by atoms with Gasteiger partial charge in [-0.3, -0.25) is 4.79 Å². The maximum Gasteiger partial charge on any atom is 0.277 e. The summed E-state index contributed by atoms with van der Waals surface area (Å²) in [6.45, 7) is 0.506. The van der Waals surface area contributed by atoms with Crippen molar-refractivity contribution in [3.8, 4) is 0 Å². The van der Waals surface area contributed by atoms with E-state index >= 15 is 0 Å². The van der Waals surface area contributed by atoms with Gasteiger partial charge >= 0.3 is 0 Å². The van der Waals surface area contributed by atoms with Gasteiger partial charge in [-0.15, -0.1) is 0 Å². The Balaban J connectivity index is 1.72. The number of anilines is 1. The highest BCUT2D eigenvalue weighted by atomic mass is 16.6. The molecule has 4 N–H and O–H groups in total. The van der Waals surface area contributed by atoms with E-state index in [1.807, 2.05) is 0 Å². The van der Waals surface area contributed by atoms with Crippen LogP contribution >= 0.6 is 0 Å². The fourth-order valence-electron chi connectivity index (χ4n) is 1.33. The Kier molecular flexibility index (Phi) is 3.34. The Labute approximate surface area is 96.6 Å². The number of aromatic amines is 1. The van der Waals surface area contributed by atoms with Crippen LogP contribution in [0.5, 0.6) is 0 Å². The Hall–Kier alpha value is -2.38. The van der Waals surface area contributed by atoms with Crippen LogP contribution in [0.2, 0.25) is 0 Å². The van der Waals surface area contributed by atoms with Crippen LogP contribution < -0.4 is 11.1 Å². The summed E-state index contributed by atoms with van der Waals surface area (Å²) in [5.74, 6) is 0.499. The number of nitrogens with zero attached hydrogens (tertiary/aromatic N) is 3. The summed E-state index contributed by atoms with van der Waals surface area (Å²) in [5.41, 5.74) is 5.40. The molecular formula is C9H12N6O2. The number of carbonyl (C=O) groups is 1. The van der Waals surface area contributed by atoms with Crippen molar-refractivity contribution in [3.05, 3.63) is 23.9 Å². The summed E-state index contributed by atoms with van der Waals surface area (Å²) in [6.07, 6.45) is 4.98. The normalized spacial score (nSPS) is 10.4. The van der Waals surface area contributed by atoms with Gasteiger partial charge in [0, 0.05) is 25.4 Å². The maximum absolute atomic E-state index is 11.5. The van der Waals surface area contributed by atoms with Gasteiger partial charge in [0.25, 0.3) is 5.91 Å². The van der Waals surface area contributed by atoms with Gasteiger partial charge in [-0.2, -0.15) is 0 Å². The van der Waals surface area contributed by atoms with E-state index in [-0.39, 0.29) is 17.4 Å². The van der Waals surface area contributed by atoms with E-state index in [1.54, 1.807) is 12.4 Å². The van der Waals surface area contributed by atoms with E-state index in [9.17, 15) is 4.79 Å². The first-order chi connectivity index (χ1) is 8.27. The van der Waals surface area contributed by atoms with Crippen LogP contribution in [0.1, 0.15) is 22.7 Å². The van der Waals surface area contributed by atoms with Crippen LogP contribution in [0, 0.1) is 0 Å². The van der Waals surface area contributed by atoms with Crippen LogP contribution in [0.25, 0.3) is 0 Å². The molecule has 2 heterocycles. The van der Waals surface area contributed by atoms with Crippen LogP contribution in [-0.2, 0) is 6.42 Å². The molecule has 0 aromatic carbocycles. The maximum atomic E-state index is 11.5. The molecule has 0 saturated carbocycles. The number of rotatable bonds is 5. The third-order valence-electron chi connectivity index (χ3n) is 2.16. The molecule has 90 valence electrons. The SMILES string of the molecule is Nc1nonc1C(=O)NCCCc1ncc[nH]1. The van der Waals surface area contributed by atoms with Gasteiger partial charge in [-0.05, 0) is 16.7 Å². The number of nitrogens with one attached hydrogen (secondary N) is 2. The molecule has 0 unspecified atom stereocenters. The zero-order valence-electron chi connectivity index (χ0n) is 9.01. The minimum Gasteiger partial charge on any atom is -0.379 e. The Bertz CT molecular complexity index is 477. The first-order valence-electron chi connectivity index (χ1n) is 5.12. The van der Waals surface area contributed by atoms with Crippen molar-refractivity contribution in [1.82, 2.24) is 25.6 Å². The van der Waals surface area contributed by atoms with Crippen LogP contribution in [0.15, 0.2) is 17.0 Å². The summed E-state index contributed by atoms with van der Waals surface area (Å²) >= 11 is 0. The van der Waals surface area contributed by atoms with E-state index in [4.69, 9.17) is 5.73 Å². The largest absolute Gasteiger partial charge is 0.379 e. The van der Waals surface area contributed by atoms with Gasteiger partial charge in [0.05, 0.1) is 0 Å². The molecule has 2 rings (SSSR count). The predicted octanol–water partition coefficient (Wildman–Crippen LogP) is -0.263. The number of nitrogens with two attached hydrogens (primary N) is 1. The first-order valence-corrected chi connectivity index (χ1v) is 5.12. The van der Waals surface area contributed by atoms with Crippen molar-refractivity contribution < 1.29 is 9.42 Å². The fourth-order valence-corrected chi connectivity index (χ4v) is 1.33. The zero-order valence-corrected chi connectivity index (χ0v) is 9.01. The summed E-state index contributed by atoms with van der Waals surface area (Å²) in [6, 6.07) is 0. The minimum atomic E-state index is -0.386. The van der Waals surface area contributed by atoms with Crippen molar-refractivity contribution in [1.29, 1.82) is 0 Å². The Morgan fingerprint density at radius 3 is 3.06 bits per heavy atom. The average molecular weight is 236 g/mol. The van der Waals surface area contributed by atoms with Crippen LogP contribution in [0.3, 0.4) is 0 Å². The lowest BCUT2D eigenvalue weighted by atomic mass is 10.3. The second-order valence-corrected chi connectivity index (χ2v) is 3.39. The number of carbonyl (C=O) groups excluding carboxylic acids is 1. The number of aryl methyl sites for hydroxylation is 1. The molecule has 0 radical (unpaired) electrons. The van der Waals surface area contributed by atoms with Crippen molar-refractivity contribution in [2.24, 2.45) is 0 Å². The molecule has 17 heavy (non-hydrogen) atoms. The predicted molar refractivity (Wildman–Crippen MR) is 58.0 cm³/mol. The topological polar surface area (TPSA) is 123 Å². The molecule has 8 nitrogen and oxygen atoms in total. The Morgan fingerprint density at radius 2 is 2.41 bits per heavy atom. The minimum absolute atomic E-state index is 0.00599. The lowest BCUT2D eigenvalue weighted by molar-refractivity contribution is 0.0944. The van der Waals surface area contributed by atoms with Gasteiger partial charge in [0.2, 0.25) is 11.5 Å². The molecule has 2 aromatic heterocycles. The lowest BCUT2D eigenvalue weighted by Gasteiger charge is -2.01. The summed E-state index contributed by atoms with van der Waals surface area (Å²) in [5, 5.41) is 9.39. The molecule has 0 bridgehead atoms. The number of H-pyrrole nitrogens is 1. The highest BCUT2D eigenvalue weighted by molar-refractivity contribution is 5.95. The molecule has 0 aliphatic rings. The van der Waals surface area contributed by atoms with E-state index in [1.165, 1.54) is 0 Å². The van der Waals surface area contributed by atoms with Crippen molar-refractivity contribution in [3.63, 3.8) is 0 Å². The van der Waals surface area contributed by atoms with E-state index in [0.717, 1.165) is 18.7 Å². The number of hydrogen-bond donors (Lipinski definition) is 3. The average Bonchev–Trinajstić information content (AvgIpc) is 2.95. The smallest absolute Gasteiger partial charge is 0.277 e. The molecule has 0 spiro atoms. The Morgan fingerprint density at radius 1 is 1.53 bits per heavy atom. The lowest BCUT2D eigenvalue weighted by Crippen LogP contribution is -2.26.